The third-order valence-corrected chi connectivity index (χ3v) is 4.09. The van der Waals surface area contributed by atoms with Crippen molar-refractivity contribution in [3.63, 3.8) is 0 Å². The van der Waals surface area contributed by atoms with Gasteiger partial charge in [-0.05, 0) is 6.42 Å². The normalized spacial score (nSPS) is 22.5. The predicted octanol–water partition coefficient (Wildman–Crippen LogP) is 2.70. The topological polar surface area (TPSA) is 60.9 Å². The van der Waals surface area contributed by atoms with Crippen LogP contribution in [0.3, 0.4) is 0 Å². The molecule has 0 unspecified atom stereocenters. The third kappa shape index (κ3) is 1.06. The minimum atomic E-state index is -0.671. The lowest BCUT2D eigenvalue weighted by molar-refractivity contribution is -0.238. The highest BCUT2D eigenvalue weighted by Gasteiger charge is 2.86. The Kier molecular flexibility index (Phi) is 2.36. The molecule has 6 nitrogen and oxygen atoms in total. The molecule has 0 aliphatic carbocycles. The van der Waals surface area contributed by atoms with Gasteiger partial charge in [-0.25, -0.2) is 29.1 Å². The number of carbonyl (C=O) groups is 3. The van der Waals surface area contributed by atoms with E-state index in [0.717, 1.165) is 12.8 Å². The van der Waals surface area contributed by atoms with E-state index in [4.69, 9.17) is 0 Å². The van der Waals surface area contributed by atoms with Gasteiger partial charge in [0.2, 0.25) is 5.79 Å². The Morgan fingerprint density at radius 3 is 1.72 bits per heavy atom. The van der Waals surface area contributed by atoms with Crippen LogP contribution in [0.15, 0.2) is 0 Å². The Morgan fingerprint density at radius 2 is 1.22 bits per heavy atom. The van der Waals surface area contributed by atoms with Gasteiger partial charge in [-0.1, -0.05) is 39.0 Å². The van der Waals surface area contributed by atoms with Crippen LogP contribution in [0.4, 0.5) is 14.4 Å². The summed E-state index contributed by atoms with van der Waals surface area (Å²) in [6.07, 6.45) is 7.62. The van der Waals surface area contributed by atoms with Crippen LogP contribution in [-0.4, -0.2) is 38.6 Å². The van der Waals surface area contributed by atoms with Gasteiger partial charge in [0.1, 0.15) is 0 Å². The van der Waals surface area contributed by atoms with Crippen LogP contribution in [0.2, 0.25) is 0 Å². The largest absolute Gasteiger partial charge is 0.343 e. The van der Waals surface area contributed by atoms with E-state index in [0.29, 0.717) is 6.42 Å². The molecular formula is C12H17N3O3. The van der Waals surface area contributed by atoms with Crippen LogP contribution in [0.25, 0.3) is 0 Å². The Labute approximate surface area is 106 Å². The van der Waals surface area contributed by atoms with Gasteiger partial charge in [0.25, 0.3) is 0 Å². The lowest BCUT2D eigenvalue weighted by Crippen LogP contribution is -3.04. The number of amides is 6. The molecule has 6 amide bonds. The van der Waals surface area contributed by atoms with Gasteiger partial charge in [0.15, 0.2) is 0 Å². The minimum absolute atomic E-state index is 0.446. The highest BCUT2D eigenvalue weighted by molar-refractivity contribution is 6.25. The van der Waals surface area contributed by atoms with E-state index in [9.17, 15) is 14.4 Å². The molecule has 0 atom stereocenters. The maximum absolute atomic E-state index is 11.4. The summed E-state index contributed by atoms with van der Waals surface area (Å²) in [6, 6.07) is -1.34. The number of rotatable bonds is 7. The molecule has 0 aromatic rings. The second-order valence-corrected chi connectivity index (χ2v) is 5.15. The highest BCUT2D eigenvalue weighted by atomic mass is 16.3. The molecule has 0 radical (unpaired) electrons. The van der Waals surface area contributed by atoms with Crippen molar-refractivity contribution in [2.75, 3.05) is 0 Å². The Morgan fingerprint density at radius 1 is 0.778 bits per heavy atom. The average molecular weight is 251 g/mol. The van der Waals surface area contributed by atoms with Gasteiger partial charge in [0, 0.05) is 6.42 Å². The Balaban J connectivity index is 1.49. The summed E-state index contributed by atoms with van der Waals surface area (Å²) in [5, 5.41) is 0. The van der Waals surface area contributed by atoms with E-state index < -0.39 is 23.9 Å². The van der Waals surface area contributed by atoms with Crippen LogP contribution in [0.5, 0.6) is 0 Å². The minimum Gasteiger partial charge on any atom is -0.247 e. The van der Waals surface area contributed by atoms with Crippen molar-refractivity contribution in [1.82, 2.24) is 14.7 Å². The molecule has 6 heteroatoms. The molecule has 0 saturated carbocycles. The molecule has 3 saturated heterocycles. The summed E-state index contributed by atoms with van der Waals surface area (Å²) in [4.78, 5) is 38.0. The number of hydrogen-bond acceptors (Lipinski definition) is 3. The maximum Gasteiger partial charge on any atom is 0.343 e. The summed E-state index contributed by atoms with van der Waals surface area (Å²) in [5.74, 6) is -0.671. The lowest BCUT2D eigenvalue weighted by atomic mass is 9.90. The van der Waals surface area contributed by atoms with Crippen LogP contribution in [-0.2, 0) is 0 Å². The summed E-state index contributed by atoms with van der Waals surface area (Å²) in [5.41, 5.74) is 0. The fourth-order valence-electron chi connectivity index (χ4n) is 3.11. The zero-order valence-corrected chi connectivity index (χ0v) is 10.5. The Bertz CT molecular complexity index is 366. The highest BCUT2D eigenvalue weighted by Crippen LogP contribution is 2.57. The van der Waals surface area contributed by atoms with Gasteiger partial charge in [0.05, 0.1) is 0 Å². The molecule has 0 bridgehead atoms. The van der Waals surface area contributed by atoms with Crippen LogP contribution < -0.4 is 0 Å². The van der Waals surface area contributed by atoms with E-state index in [1.165, 1.54) is 40.4 Å². The SMILES string of the molecule is CCCCCCCCC12N3C(=O)N1C(=O)N2C3=O. The van der Waals surface area contributed by atoms with Crippen LogP contribution >= 0.6 is 0 Å². The predicted molar refractivity (Wildman–Crippen MR) is 62.4 cm³/mol. The molecular weight excluding hydrogens is 234 g/mol. The maximum atomic E-state index is 11.4. The molecule has 0 aromatic heterocycles. The quantitative estimate of drug-likeness (QED) is 0.653. The lowest BCUT2D eigenvalue weighted by Gasteiger charge is -2.75. The number of hydrogen-bond donors (Lipinski definition) is 0. The first-order valence-corrected chi connectivity index (χ1v) is 6.69. The molecule has 3 fully saturated rings. The molecule has 0 aromatic carbocycles. The molecule has 3 aliphatic rings. The fourth-order valence-corrected chi connectivity index (χ4v) is 3.11. The number of urea groups is 3. The molecule has 3 rings (SSSR count). The summed E-state index contributed by atoms with van der Waals surface area (Å²) in [6.45, 7) is 2.18. The zero-order valence-electron chi connectivity index (χ0n) is 10.5. The van der Waals surface area contributed by atoms with Gasteiger partial charge in [-0.2, -0.15) is 0 Å². The smallest absolute Gasteiger partial charge is 0.247 e. The van der Waals surface area contributed by atoms with E-state index in [1.807, 2.05) is 0 Å². The summed E-state index contributed by atoms with van der Waals surface area (Å²) >= 11 is 0. The van der Waals surface area contributed by atoms with Gasteiger partial charge < -0.3 is 0 Å². The van der Waals surface area contributed by atoms with Crippen molar-refractivity contribution in [3.05, 3.63) is 0 Å². The van der Waals surface area contributed by atoms with Crippen molar-refractivity contribution in [2.24, 2.45) is 0 Å². The van der Waals surface area contributed by atoms with E-state index in [-0.39, 0.29) is 0 Å². The first-order chi connectivity index (χ1) is 8.66. The molecule has 18 heavy (non-hydrogen) atoms. The van der Waals surface area contributed by atoms with E-state index >= 15 is 0 Å². The van der Waals surface area contributed by atoms with Crippen molar-refractivity contribution < 1.29 is 14.4 Å². The third-order valence-electron chi connectivity index (χ3n) is 4.09. The van der Waals surface area contributed by atoms with Crippen molar-refractivity contribution in [3.8, 4) is 0 Å². The first kappa shape index (κ1) is 11.5. The zero-order chi connectivity index (χ0) is 12.9. The van der Waals surface area contributed by atoms with Crippen LogP contribution in [0.1, 0.15) is 51.9 Å². The van der Waals surface area contributed by atoms with Crippen molar-refractivity contribution >= 4 is 18.1 Å². The van der Waals surface area contributed by atoms with Crippen LogP contribution in [0, 0.1) is 0 Å². The number of unbranched alkanes of at least 4 members (excludes halogenated alkanes) is 5. The number of nitrogens with zero attached hydrogens (tertiary/aromatic N) is 3. The second-order valence-electron chi connectivity index (χ2n) is 5.15. The first-order valence-electron chi connectivity index (χ1n) is 6.69. The molecule has 0 spiro atoms. The van der Waals surface area contributed by atoms with Crippen molar-refractivity contribution in [2.45, 2.75) is 57.7 Å². The van der Waals surface area contributed by atoms with Gasteiger partial charge >= 0.3 is 18.1 Å². The number of imide groups is 3. The van der Waals surface area contributed by atoms with E-state index in [2.05, 4.69) is 6.92 Å². The molecule has 3 heterocycles. The summed E-state index contributed by atoms with van der Waals surface area (Å²) < 4.78 is 0. The molecule has 3 aliphatic heterocycles. The Hall–Kier alpha value is -1.59. The van der Waals surface area contributed by atoms with Crippen molar-refractivity contribution in [1.29, 1.82) is 0 Å². The monoisotopic (exact) mass is 251 g/mol. The molecule has 98 valence electrons. The van der Waals surface area contributed by atoms with Gasteiger partial charge in [-0.3, -0.25) is 0 Å². The second kappa shape index (κ2) is 3.70. The van der Waals surface area contributed by atoms with Gasteiger partial charge in [-0.15, -0.1) is 0 Å². The standard InChI is InChI=1S/C12H17N3O3/c1-2-3-4-5-6-7-8-12-13-9(16)14(12)11(18)15(12)10(13)17/h2-8H2,1H3. The average Bonchev–Trinajstić information content (AvgIpc) is 2.30. The van der Waals surface area contributed by atoms with E-state index in [1.54, 1.807) is 0 Å². The summed E-state index contributed by atoms with van der Waals surface area (Å²) in [7, 11) is 0. The fraction of sp³-hybridized carbons (Fsp3) is 0.750. The molecule has 0 N–H and O–H groups in total. The number of carbonyl (C=O) groups excluding carboxylic acids is 3.